The second-order valence-electron chi connectivity index (χ2n) is 4.42. The molecule has 0 heterocycles. The quantitative estimate of drug-likeness (QED) is 0.682. The molecule has 0 saturated heterocycles. The number of rotatable bonds is 7. The number of carboxylic acids is 1. The van der Waals surface area contributed by atoms with Gasteiger partial charge in [-0.25, -0.2) is 9.59 Å². The summed E-state index contributed by atoms with van der Waals surface area (Å²) in [4.78, 5) is 23.9. The Bertz CT molecular complexity index is 293. The summed E-state index contributed by atoms with van der Waals surface area (Å²) in [5.41, 5.74) is -1.27. The number of carboxylic acid groups (broad SMARTS) is 1. The summed E-state index contributed by atoms with van der Waals surface area (Å²) < 4.78 is 9.99. The van der Waals surface area contributed by atoms with Gasteiger partial charge in [0.15, 0.2) is 0 Å². The summed E-state index contributed by atoms with van der Waals surface area (Å²) >= 11 is 0. The van der Waals surface area contributed by atoms with Crippen molar-refractivity contribution in [3.05, 3.63) is 0 Å². The fraction of sp³-hybridized carbons (Fsp3) is 0.818. The molecule has 1 atom stereocenters. The zero-order valence-corrected chi connectivity index (χ0v) is 11.5. The third kappa shape index (κ3) is 4.50. The summed E-state index contributed by atoms with van der Waals surface area (Å²) in [6.45, 7) is 3.52. The van der Waals surface area contributed by atoms with E-state index in [1.165, 1.54) is 35.1 Å². The molecule has 0 rings (SSSR count). The third-order valence-electron chi connectivity index (χ3n) is 2.83. The monoisotopic (exact) mass is 262 g/mol. The van der Waals surface area contributed by atoms with Crippen LogP contribution in [0, 0.1) is 0 Å². The summed E-state index contributed by atoms with van der Waals surface area (Å²) in [6.07, 6.45) is -0.264. The number of hydrogen-bond acceptors (Lipinski definition) is 4. The number of likely N-dealkylation sites (N-methyl/N-ethyl adjacent to an activating group) is 1. The van der Waals surface area contributed by atoms with Crippen LogP contribution in [0.2, 0.25) is 0 Å². The first-order chi connectivity index (χ1) is 8.27. The molecule has 0 aliphatic heterocycles. The van der Waals surface area contributed by atoms with E-state index in [0.717, 1.165) is 4.90 Å². The smallest absolute Gasteiger partial charge is 0.329 e. The maximum absolute atomic E-state index is 11.8. The van der Waals surface area contributed by atoms with Gasteiger partial charge in [0.05, 0.1) is 12.7 Å². The summed E-state index contributed by atoms with van der Waals surface area (Å²) in [5.74, 6) is -1.07. The third-order valence-corrected chi connectivity index (χ3v) is 2.83. The van der Waals surface area contributed by atoms with E-state index in [9.17, 15) is 9.59 Å². The molecule has 0 bridgehead atoms. The highest BCUT2D eigenvalue weighted by atomic mass is 16.5. The van der Waals surface area contributed by atoms with Gasteiger partial charge in [0, 0.05) is 27.8 Å². The molecule has 106 valence electrons. The number of nitrogens with one attached hydrogen (secondary N) is 1. The van der Waals surface area contributed by atoms with Crippen LogP contribution in [0.4, 0.5) is 4.79 Å². The summed E-state index contributed by atoms with van der Waals surface area (Å²) in [6, 6.07) is -0.472. The molecule has 7 heteroatoms. The fourth-order valence-corrected chi connectivity index (χ4v) is 1.11. The molecular formula is C11H22N2O5. The highest BCUT2D eigenvalue weighted by Gasteiger charge is 2.35. The molecule has 1 unspecified atom stereocenters. The number of ether oxygens (including phenoxy) is 2. The molecule has 0 aromatic carbocycles. The molecule has 0 aliphatic rings. The van der Waals surface area contributed by atoms with Gasteiger partial charge in [-0.1, -0.05) is 0 Å². The lowest BCUT2D eigenvalue weighted by atomic mass is 10.1. The Morgan fingerprint density at radius 3 is 2.33 bits per heavy atom. The highest BCUT2D eigenvalue weighted by Crippen LogP contribution is 2.12. The number of nitrogens with zero attached hydrogens (tertiary/aromatic N) is 1. The van der Waals surface area contributed by atoms with Gasteiger partial charge in [-0.2, -0.15) is 0 Å². The number of carbonyl (C=O) groups is 2. The molecule has 0 aliphatic carbocycles. The zero-order valence-electron chi connectivity index (χ0n) is 11.5. The van der Waals surface area contributed by atoms with Gasteiger partial charge in [0.1, 0.15) is 5.54 Å². The van der Waals surface area contributed by atoms with E-state index in [0.29, 0.717) is 6.61 Å². The van der Waals surface area contributed by atoms with Crippen LogP contribution in [-0.2, 0) is 14.3 Å². The molecule has 0 aromatic rings. The number of aliphatic carboxylic acids is 1. The van der Waals surface area contributed by atoms with Crippen LogP contribution in [0.3, 0.4) is 0 Å². The second-order valence-corrected chi connectivity index (χ2v) is 4.42. The minimum absolute atomic E-state index is 0.253. The molecule has 2 amide bonds. The van der Waals surface area contributed by atoms with E-state index in [2.05, 4.69) is 5.32 Å². The van der Waals surface area contributed by atoms with Crippen LogP contribution in [0.1, 0.15) is 13.8 Å². The molecule has 0 radical (unpaired) electrons. The molecule has 0 saturated carbocycles. The summed E-state index contributed by atoms with van der Waals surface area (Å²) in [5, 5.41) is 11.6. The second kappa shape index (κ2) is 7.17. The first kappa shape index (κ1) is 16.7. The highest BCUT2D eigenvalue weighted by molar-refractivity contribution is 5.85. The van der Waals surface area contributed by atoms with Crippen molar-refractivity contribution in [2.24, 2.45) is 0 Å². The minimum atomic E-state index is -1.27. The molecule has 7 nitrogen and oxygen atoms in total. The van der Waals surface area contributed by atoms with E-state index in [1.54, 1.807) is 0 Å². The Balaban J connectivity index is 4.37. The van der Waals surface area contributed by atoms with Crippen molar-refractivity contribution in [1.82, 2.24) is 10.2 Å². The first-order valence-corrected chi connectivity index (χ1v) is 5.54. The molecule has 0 aromatic heterocycles. The maximum Gasteiger partial charge on any atom is 0.329 e. The molecule has 18 heavy (non-hydrogen) atoms. The van der Waals surface area contributed by atoms with Crippen molar-refractivity contribution in [1.29, 1.82) is 0 Å². The van der Waals surface area contributed by atoms with Gasteiger partial charge in [-0.15, -0.1) is 0 Å². The largest absolute Gasteiger partial charge is 0.480 e. The minimum Gasteiger partial charge on any atom is -0.480 e. The SMILES string of the molecule is COCC(CNC(=O)N(C)C(C)(C)C(=O)O)OC. The predicted octanol–water partition coefficient (Wildman–Crippen LogP) is 0.152. The number of carbonyl (C=O) groups excluding carboxylic acids is 1. The Hall–Kier alpha value is -1.34. The Kier molecular flexibility index (Phi) is 6.64. The van der Waals surface area contributed by atoms with Crippen molar-refractivity contribution in [2.75, 3.05) is 34.4 Å². The van der Waals surface area contributed by atoms with Crippen LogP contribution in [0.5, 0.6) is 0 Å². The summed E-state index contributed by atoms with van der Waals surface area (Å²) in [7, 11) is 4.48. The average molecular weight is 262 g/mol. The fourth-order valence-electron chi connectivity index (χ4n) is 1.11. The first-order valence-electron chi connectivity index (χ1n) is 5.54. The van der Waals surface area contributed by atoms with Crippen LogP contribution in [-0.4, -0.2) is 68.1 Å². The Labute approximate surface area is 107 Å². The topological polar surface area (TPSA) is 88.1 Å². The molecular weight excluding hydrogens is 240 g/mol. The Morgan fingerprint density at radius 2 is 1.94 bits per heavy atom. The van der Waals surface area contributed by atoms with Gasteiger partial charge >= 0.3 is 12.0 Å². The van der Waals surface area contributed by atoms with Gasteiger partial charge in [0.25, 0.3) is 0 Å². The number of amides is 2. The lowest BCUT2D eigenvalue weighted by Crippen LogP contribution is -2.55. The van der Waals surface area contributed by atoms with E-state index in [4.69, 9.17) is 14.6 Å². The van der Waals surface area contributed by atoms with Gasteiger partial charge in [0.2, 0.25) is 0 Å². The normalized spacial score (nSPS) is 12.9. The average Bonchev–Trinajstić information content (AvgIpc) is 2.32. The van der Waals surface area contributed by atoms with Crippen LogP contribution in [0.15, 0.2) is 0 Å². The number of methoxy groups -OCH3 is 2. The van der Waals surface area contributed by atoms with Crippen molar-refractivity contribution in [2.45, 2.75) is 25.5 Å². The number of urea groups is 1. The maximum atomic E-state index is 11.8. The van der Waals surface area contributed by atoms with Crippen LogP contribution < -0.4 is 5.32 Å². The predicted molar refractivity (Wildman–Crippen MR) is 65.5 cm³/mol. The van der Waals surface area contributed by atoms with Crippen molar-refractivity contribution in [3.8, 4) is 0 Å². The van der Waals surface area contributed by atoms with E-state index in [-0.39, 0.29) is 12.6 Å². The Morgan fingerprint density at radius 1 is 1.39 bits per heavy atom. The van der Waals surface area contributed by atoms with Gasteiger partial charge in [-0.3, -0.25) is 0 Å². The van der Waals surface area contributed by atoms with E-state index < -0.39 is 17.5 Å². The van der Waals surface area contributed by atoms with Crippen LogP contribution >= 0.6 is 0 Å². The van der Waals surface area contributed by atoms with E-state index >= 15 is 0 Å². The van der Waals surface area contributed by atoms with Crippen molar-refractivity contribution in [3.63, 3.8) is 0 Å². The number of hydrogen-bond donors (Lipinski definition) is 2. The van der Waals surface area contributed by atoms with Crippen LogP contribution in [0.25, 0.3) is 0 Å². The zero-order chi connectivity index (χ0) is 14.3. The van der Waals surface area contributed by atoms with Gasteiger partial charge < -0.3 is 24.8 Å². The molecule has 2 N–H and O–H groups in total. The van der Waals surface area contributed by atoms with E-state index in [1.807, 2.05) is 0 Å². The lowest BCUT2D eigenvalue weighted by molar-refractivity contribution is -0.146. The van der Waals surface area contributed by atoms with Crippen molar-refractivity contribution >= 4 is 12.0 Å². The standard InChI is InChI=1S/C11H22N2O5/c1-11(2,9(14)15)13(3)10(16)12-6-8(18-5)7-17-4/h8H,6-7H2,1-5H3,(H,12,16)(H,14,15). The molecule has 0 fully saturated rings. The lowest BCUT2D eigenvalue weighted by Gasteiger charge is -2.31. The van der Waals surface area contributed by atoms with Crippen molar-refractivity contribution < 1.29 is 24.2 Å². The van der Waals surface area contributed by atoms with Gasteiger partial charge in [-0.05, 0) is 13.8 Å². The molecule has 0 spiro atoms.